The Labute approximate surface area is 327 Å². The third kappa shape index (κ3) is 35.3. The Morgan fingerprint density at radius 3 is 1.70 bits per heavy atom. The Hall–Kier alpha value is -3.72. The van der Waals surface area contributed by atoms with Crippen LogP contribution in [0, 0.1) is 0 Å². The Bertz CT molecular complexity index is 1140. The van der Waals surface area contributed by atoms with Crippen molar-refractivity contribution in [1.29, 1.82) is 0 Å². The number of carboxylic acids is 1. The van der Waals surface area contributed by atoms with Gasteiger partial charge in [-0.25, -0.2) is 4.79 Å². The molecule has 54 heavy (non-hydrogen) atoms. The number of aliphatic hydroxyl groups excluding tert-OH is 1. The molecule has 9 nitrogen and oxygen atoms in total. The molecule has 4 N–H and O–H groups in total. The van der Waals surface area contributed by atoms with Crippen molar-refractivity contribution in [1.82, 2.24) is 10.6 Å². The van der Waals surface area contributed by atoms with Gasteiger partial charge in [0.2, 0.25) is 11.8 Å². The van der Waals surface area contributed by atoms with E-state index in [4.69, 9.17) is 14.9 Å². The molecule has 0 saturated heterocycles. The van der Waals surface area contributed by atoms with E-state index in [0.29, 0.717) is 12.8 Å². The molecule has 0 rings (SSSR count). The lowest BCUT2D eigenvalue weighted by molar-refractivity contribution is -0.147. The fourth-order valence-electron chi connectivity index (χ4n) is 5.48. The number of esters is 1. The first-order valence-electron chi connectivity index (χ1n) is 20.8. The van der Waals surface area contributed by atoms with E-state index in [2.05, 4.69) is 91.3 Å². The number of allylic oxidation sites excluding steroid dienone is 11. The molecular formula is C45H74N2O7. The van der Waals surface area contributed by atoms with Crippen molar-refractivity contribution in [2.45, 2.75) is 174 Å². The van der Waals surface area contributed by atoms with E-state index < -0.39 is 24.5 Å². The minimum atomic E-state index is -1.39. The number of amides is 2. The zero-order valence-electron chi connectivity index (χ0n) is 33.7. The number of aliphatic carboxylic acids is 1. The first kappa shape index (κ1) is 50.3. The summed E-state index contributed by atoms with van der Waals surface area (Å²) in [4.78, 5) is 47.5. The summed E-state index contributed by atoms with van der Waals surface area (Å²) in [6.07, 6.45) is 48.0. The second-order valence-electron chi connectivity index (χ2n) is 13.7. The van der Waals surface area contributed by atoms with Crippen LogP contribution in [0.4, 0.5) is 0 Å². The standard InChI is InChI=1S/C45H74N2O7/c1-3-5-7-9-11-13-15-16-17-18-20-22-24-29-33-37-44(51)54-40(34-30-26-23-21-19-14-12-10-8-6-4-2)35-31-27-25-28-32-36-42(49)46-38-43(50)47-41(39-48)45(52)53/h5,7,11-14,16-17,21,23,30,34,40-41,48H,3-4,6,8-10,15,18-20,22,24-29,31-33,35-39H2,1-2H3,(H,46,49)(H,47,50)(H,52,53)/b7-5-,13-11-,14-12-,17-16-,23-21-,34-30-. The highest BCUT2D eigenvalue weighted by Gasteiger charge is 2.18. The molecule has 0 aliphatic carbocycles. The number of unbranched alkanes of at least 4 members (excludes halogenated alkanes) is 12. The van der Waals surface area contributed by atoms with Crippen LogP contribution in [-0.4, -0.2) is 59.3 Å². The van der Waals surface area contributed by atoms with Crippen molar-refractivity contribution in [2.75, 3.05) is 13.2 Å². The summed E-state index contributed by atoms with van der Waals surface area (Å²) in [6.45, 7) is 3.30. The summed E-state index contributed by atoms with van der Waals surface area (Å²) in [7, 11) is 0. The molecule has 0 aromatic carbocycles. The molecule has 2 unspecified atom stereocenters. The maximum Gasteiger partial charge on any atom is 0.328 e. The summed E-state index contributed by atoms with van der Waals surface area (Å²) in [5, 5.41) is 22.5. The summed E-state index contributed by atoms with van der Waals surface area (Å²) in [5.74, 6) is -2.42. The van der Waals surface area contributed by atoms with Crippen LogP contribution >= 0.6 is 0 Å². The molecule has 0 heterocycles. The van der Waals surface area contributed by atoms with E-state index in [-0.39, 0.29) is 30.9 Å². The first-order chi connectivity index (χ1) is 26.3. The number of rotatable bonds is 36. The molecule has 306 valence electrons. The molecule has 0 radical (unpaired) electrons. The molecule has 2 atom stereocenters. The monoisotopic (exact) mass is 755 g/mol. The Balaban J connectivity index is 4.46. The van der Waals surface area contributed by atoms with Gasteiger partial charge in [0.25, 0.3) is 0 Å². The number of carbonyl (C=O) groups excluding carboxylic acids is 3. The highest BCUT2D eigenvalue weighted by Crippen LogP contribution is 2.15. The molecule has 9 heteroatoms. The van der Waals surface area contributed by atoms with Crippen molar-refractivity contribution >= 4 is 23.8 Å². The maximum absolute atomic E-state index is 12.7. The lowest BCUT2D eigenvalue weighted by Crippen LogP contribution is -2.47. The summed E-state index contributed by atoms with van der Waals surface area (Å²) in [5.41, 5.74) is 0. The lowest BCUT2D eigenvalue weighted by Gasteiger charge is -2.15. The molecule has 0 bridgehead atoms. The normalized spacial score (nSPS) is 13.2. The number of carbonyl (C=O) groups is 4. The molecule has 0 saturated carbocycles. The largest absolute Gasteiger partial charge is 0.480 e. The molecule has 0 aliphatic heterocycles. The van der Waals surface area contributed by atoms with Crippen molar-refractivity contribution in [3.8, 4) is 0 Å². The number of nitrogens with one attached hydrogen (secondary N) is 2. The van der Waals surface area contributed by atoms with E-state index in [1.165, 1.54) is 32.1 Å². The van der Waals surface area contributed by atoms with Crippen molar-refractivity contribution in [3.05, 3.63) is 72.9 Å². The first-order valence-corrected chi connectivity index (χ1v) is 20.8. The van der Waals surface area contributed by atoms with Crippen LogP contribution in [0.25, 0.3) is 0 Å². The molecule has 2 amide bonds. The van der Waals surface area contributed by atoms with Crippen LogP contribution in [0.1, 0.15) is 162 Å². The minimum Gasteiger partial charge on any atom is -0.480 e. The van der Waals surface area contributed by atoms with Gasteiger partial charge in [-0.3, -0.25) is 14.4 Å². The number of hydrogen-bond acceptors (Lipinski definition) is 6. The van der Waals surface area contributed by atoms with Crippen LogP contribution in [0.3, 0.4) is 0 Å². The van der Waals surface area contributed by atoms with Gasteiger partial charge in [-0.15, -0.1) is 0 Å². The smallest absolute Gasteiger partial charge is 0.328 e. The highest BCUT2D eigenvalue weighted by atomic mass is 16.5. The van der Waals surface area contributed by atoms with E-state index in [9.17, 15) is 19.2 Å². The van der Waals surface area contributed by atoms with Gasteiger partial charge in [0, 0.05) is 12.8 Å². The van der Waals surface area contributed by atoms with Gasteiger partial charge in [0.1, 0.15) is 12.1 Å². The van der Waals surface area contributed by atoms with Crippen LogP contribution in [-0.2, 0) is 23.9 Å². The van der Waals surface area contributed by atoms with Gasteiger partial charge in [0.05, 0.1) is 13.2 Å². The van der Waals surface area contributed by atoms with E-state index in [1.54, 1.807) is 0 Å². The van der Waals surface area contributed by atoms with Gasteiger partial charge < -0.3 is 25.6 Å². The topological polar surface area (TPSA) is 142 Å². The van der Waals surface area contributed by atoms with Crippen molar-refractivity contribution in [3.63, 3.8) is 0 Å². The maximum atomic E-state index is 12.7. The second kappa shape index (κ2) is 39.0. The SMILES string of the molecule is CC/C=C\C/C=C\C/C=C\CCCCCCCC(=O)OC(/C=C\C/C=C\C/C=C\CCCCC)CCCCCCCC(=O)NCC(=O)NC(CO)C(=O)O. The number of aliphatic hydroxyl groups is 1. The van der Waals surface area contributed by atoms with Crippen molar-refractivity contribution in [2.24, 2.45) is 0 Å². The zero-order valence-corrected chi connectivity index (χ0v) is 33.7. The minimum absolute atomic E-state index is 0.135. The average molecular weight is 755 g/mol. The highest BCUT2D eigenvalue weighted by molar-refractivity contribution is 5.87. The van der Waals surface area contributed by atoms with Gasteiger partial charge in [-0.2, -0.15) is 0 Å². The molecule has 0 aromatic rings. The number of carboxylic acid groups (broad SMARTS) is 1. The Kier molecular flexibility index (Phi) is 36.3. The average Bonchev–Trinajstić information content (AvgIpc) is 3.15. The second-order valence-corrected chi connectivity index (χ2v) is 13.7. The fourth-order valence-corrected chi connectivity index (χ4v) is 5.48. The van der Waals surface area contributed by atoms with Crippen LogP contribution in [0.2, 0.25) is 0 Å². The lowest BCUT2D eigenvalue weighted by atomic mass is 10.1. The number of ether oxygens (including phenoxy) is 1. The fraction of sp³-hybridized carbons (Fsp3) is 0.644. The zero-order chi connectivity index (χ0) is 39.7. The molecule has 0 spiro atoms. The van der Waals surface area contributed by atoms with Crippen LogP contribution in [0.15, 0.2) is 72.9 Å². The van der Waals surface area contributed by atoms with Crippen LogP contribution in [0.5, 0.6) is 0 Å². The quantitative estimate of drug-likeness (QED) is 0.0283. The van der Waals surface area contributed by atoms with E-state index >= 15 is 0 Å². The van der Waals surface area contributed by atoms with Gasteiger partial charge >= 0.3 is 11.9 Å². The van der Waals surface area contributed by atoms with E-state index in [0.717, 1.165) is 96.3 Å². The van der Waals surface area contributed by atoms with Gasteiger partial charge in [0.15, 0.2) is 0 Å². The Morgan fingerprint density at radius 1 is 0.593 bits per heavy atom. The summed E-state index contributed by atoms with van der Waals surface area (Å²) < 4.78 is 5.90. The van der Waals surface area contributed by atoms with E-state index in [1.807, 2.05) is 6.08 Å². The third-order valence-corrected chi connectivity index (χ3v) is 8.67. The molecule has 0 aliphatic rings. The Morgan fingerprint density at radius 2 is 1.11 bits per heavy atom. The van der Waals surface area contributed by atoms with Gasteiger partial charge in [-0.05, 0) is 89.5 Å². The summed E-state index contributed by atoms with van der Waals surface area (Å²) in [6, 6.07) is -1.39. The summed E-state index contributed by atoms with van der Waals surface area (Å²) >= 11 is 0. The third-order valence-electron chi connectivity index (χ3n) is 8.67. The molecular weight excluding hydrogens is 681 g/mol. The molecule has 0 fully saturated rings. The predicted octanol–water partition coefficient (Wildman–Crippen LogP) is 9.93. The number of hydrogen-bond donors (Lipinski definition) is 4. The van der Waals surface area contributed by atoms with Crippen molar-refractivity contribution < 1.29 is 34.1 Å². The van der Waals surface area contributed by atoms with Gasteiger partial charge in [-0.1, -0.05) is 132 Å². The molecule has 0 aromatic heterocycles. The van der Waals surface area contributed by atoms with Crippen LogP contribution < -0.4 is 10.6 Å². The predicted molar refractivity (Wildman–Crippen MR) is 222 cm³/mol.